The maximum absolute atomic E-state index is 14.0. The van der Waals surface area contributed by atoms with E-state index in [1.807, 2.05) is 89.2 Å². The third kappa shape index (κ3) is 15.2. The molecule has 2 aromatic heterocycles. The summed E-state index contributed by atoms with van der Waals surface area (Å²) in [5.41, 5.74) is 9.74. The standard InChI is InChI=1S/C58H74N10O8S/c1-35(2)64-47-26-42(25-45(46(47)28-59)49(70)15-14-44-37(4)23-36(3)24-50(44)71)41-13-16-51(61-30-41)67-21-19-66(20-22-67)18-17-60-52(72)32-76-33-53(73)65-55(58(6,7)8)57(75)68-31-43(69)27-48(68)56(74)62-29-39-9-11-40(12-10-39)54-38(5)63-34-77-54/h9-13,16,23,25-26,28,30,34-35,43,48,55,59,64,69H,14-15,17-22,24,27,29,31-33H2,1-8H3,(H,60,72)(H,62,74)(H,65,73)/t43-,48+,55-/m1/s1. The highest BCUT2D eigenvalue weighted by Crippen LogP contribution is 2.33. The van der Waals surface area contributed by atoms with E-state index in [9.17, 15) is 33.9 Å². The number of nitrogens with zero attached hydrogens (tertiary/aromatic N) is 5. The van der Waals surface area contributed by atoms with Crippen molar-refractivity contribution in [2.75, 3.05) is 69.2 Å². The lowest BCUT2D eigenvalue weighted by Gasteiger charge is -2.35. The number of benzene rings is 2. The second-order valence-electron chi connectivity index (χ2n) is 21.6. The number of hydrogen-bond acceptors (Lipinski definition) is 15. The largest absolute Gasteiger partial charge is 0.391 e. The minimum atomic E-state index is -1.04. The molecule has 0 radical (unpaired) electrons. The molecule has 0 bridgehead atoms. The number of aliphatic hydroxyl groups excluding tert-OH is 1. The van der Waals surface area contributed by atoms with Gasteiger partial charge in [-0.3, -0.25) is 33.7 Å². The highest BCUT2D eigenvalue weighted by atomic mass is 32.1. The molecule has 0 spiro atoms. The summed E-state index contributed by atoms with van der Waals surface area (Å²) in [5, 5.41) is 30.8. The summed E-state index contributed by atoms with van der Waals surface area (Å²) >= 11 is 1.56. The Morgan fingerprint density at radius 1 is 0.922 bits per heavy atom. The Bertz CT molecular complexity index is 2880. The Kier molecular flexibility index (Phi) is 19.5. The number of ether oxygens (including phenoxy) is 1. The Labute approximate surface area is 455 Å². The van der Waals surface area contributed by atoms with Crippen LogP contribution in [0.25, 0.3) is 21.6 Å². The van der Waals surface area contributed by atoms with Gasteiger partial charge in [0.15, 0.2) is 11.6 Å². The fourth-order valence-corrected chi connectivity index (χ4v) is 10.8. The molecule has 3 atom stereocenters. The summed E-state index contributed by atoms with van der Waals surface area (Å²) in [6, 6.07) is 13.6. The number of nitrogens with one attached hydrogen (secondary N) is 5. The summed E-state index contributed by atoms with van der Waals surface area (Å²) in [6.07, 6.45) is 5.04. The van der Waals surface area contributed by atoms with Crippen molar-refractivity contribution in [1.29, 1.82) is 5.41 Å². The molecule has 2 fully saturated rings. The number of rotatable bonds is 22. The number of hydrogen-bond donors (Lipinski definition) is 6. The van der Waals surface area contributed by atoms with Crippen molar-refractivity contribution in [2.24, 2.45) is 5.41 Å². The molecule has 77 heavy (non-hydrogen) atoms. The number of thiazole rings is 1. The maximum Gasteiger partial charge on any atom is 0.246 e. The zero-order chi connectivity index (χ0) is 55.6. The zero-order valence-electron chi connectivity index (χ0n) is 45.6. The van der Waals surface area contributed by atoms with Gasteiger partial charge in [-0.2, -0.15) is 0 Å². The minimum Gasteiger partial charge on any atom is -0.391 e. The van der Waals surface area contributed by atoms with Crippen molar-refractivity contribution < 1.29 is 38.6 Å². The number of aromatic nitrogens is 2. The first-order valence-corrected chi connectivity index (χ1v) is 27.3. The van der Waals surface area contributed by atoms with Crippen LogP contribution in [0, 0.1) is 17.7 Å². The van der Waals surface area contributed by atoms with E-state index in [2.05, 4.69) is 36.1 Å². The highest BCUT2D eigenvalue weighted by molar-refractivity contribution is 7.13. The van der Waals surface area contributed by atoms with Gasteiger partial charge in [-0.1, -0.05) is 56.7 Å². The van der Waals surface area contributed by atoms with Crippen molar-refractivity contribution in [2.45, 2.75) is 112 Å². The normalized spacial score (nSPS) is 17.5. The van der Waals surface area contributed by atoms with Crippen molar-refractivity contribution in [3.05, 3.63) is 105 Å². The van der Waals surface area contributed by atoms with E-state index in [1.54, 1.807) is 43.8 Å². The molecular formula is C58H74N10O8S. The molecule has 4 amide bonds. The second kappa shape index (κ2) is 25.9. The summed E-state index contributed by atoms with van der Waals surface area (Å²) in [7, 11) is 0. The predicted molar refractivity (Wildman–Crippen MR) is 300 cm³/mol. The molecule has 6 N–H and O–H groups in total. The summed E-state index contributed by atoms with van der Waals surface area (Å²) in [6.45, 7) is 18.5. The van der Waals surface area contributed by atoms with Gasteiger partial charge in [0.1, 0.15) is 31.1 Å². The molecule has 2 aliphatic heterocycles. The fourth-order valence-electron chi connectivity index (χ4n) is 10.0. The van der Waals surface area contributed by atoms with Gasteiger partial charge >= 0.3 is 0 Å². The number of amides is 4. The molecule has 18 nitrogen and oxygen atoms in total. The van der Waals surface area contributed by atoms with E-state index in [0.717, 1.165) is 76.0 Å². The van der Waals surface area contributed by atoms with E-state index >= 15 is 0 Å². The number of carbonyl (C=O) groups is 6. The highest BCUT2D eigenvalue weighted by Gasteiger charge is 2.44. The zero-order valence-corrected chi connectivity index (χ0v) is 46.4. The Morgan fingerprint density at radius 3 is 2.27 bits per heavy atom. The molecule has 0 saturated carbocycles. The van der Waals surface area contributed by atoms with Gasteiger partial charge in [0.2, 0.25) is 23.6 Å². The van der Waals surface area contributed by atoms with Crippen molar-refractivity contribution in [3.8, 4) is 21.6 Å². The topological polar surface area (TPSA) is 239 Å². The van der Waals surface area contributed by atoms with Crippen molar-refractivity contribution >= 4 is 64.3 Å². The first-order valence-electron chi connectivity index (χ1n) is 26.4. The van der Waals surface area contributed by atoms with Crippen molar-refractivity contribution in [1.82, 2.24) is 35.7 Å². The lowest BCUT2D eigenvalue weighted by atomic mass is 9.85. The SMILES string of the molecule is CC1=CC(C)=C(CCC(=O)c2cc(-c3ccc(N4CCN(CCNC(=O)COCC(=O)N[C@H](C(=O)N5C[C@H](O)C[C@H]5C(=O)NCc5ccc(-c6scnc6C)cc5)C(C)(C)C)CC4)nc3)cc(NC(C)C)c2C=N)C(=O)C1. The number of likely N-dealkylation sites (tertiary alicyclic amines) is 1. The molecule has 4 aromatic rings. The first kappa shape index (κ1) is 57.8. The smallest absolute Gasteiger partial charge is 0.246 e. The van der Waals surface area contributed by atoms with Crippen LogP contribution in [0.4, 0.5) is 11.5 Å². The number of aryl methyl sites for hydroxylation is 1. The van der Waals surface area contributed by atoms with E-state index < -0.39 is 47.9 Å². The molecule has 2 saturated heterocycles. The quantitative estimate of drug-likeness (QED) is 0.0377. The van der Waals surface area contributed by atoms with Crippen LogP contribution in [0.5, 0.6) is 0 Å². The van der Waals surface area contributed by atoms with Crippen LogP contribution in [-0.4, -0.2) is 150 Å². The third-order valence-electron chi connectivity index (χ3n) is 14.1. The van der Waals surface area contributed by atoms with Gasteiger partial charge in [-0.05, 0) is 98.6 Å². The lowest BCUT2D eigenvalue weighted by molar-refractivity contribution is -0.145. The number of allylic oxidation sites excluding steroid dienone is 4. The number of anilines is 2. The molecule has 19 heteroatoms. The molecule has 410 valence electrons. The van der Waals surface area contributed by atoms with Gasteiger partial charge in [-0.25, -0.2) is 9.97 Å². The Hall–Kier alpha value is -6.93. The fraction of sp³-hybridized carbons (Fsp3) is 0.466. The monoisotopic (exact) mass is 1070 g/mol. The van der Waals surface area contributed by atoms with Crippen LogP contribution >= 0.6 is 11.3 Å². The average Bonchev–Trinajstić information content (AvgIpc) is 4.01. The molecule has 3 aliphatic rings. The molecule has 7 rings (SSSR count). The van der Waals surface area contributed by atoms with Gasteiger partial charge in [0.05, 0.1) is 22.2 Å². The van der Waals surface area contributed by atoms with Gasteiger partial charge < -0.3 is 46.3 Å². The maximum atomic E-state index is 14.0. The van der Waals surface area contributed by atoms with E-state index in [1.165, 1.54) is 11.1 Å². The number of carbonyl (C=O) groups excluding carboxylic acids is 6. The molecular weight excluding hydrogens is 997 g/mol. The Morgan fingerprint density at radius 2 is 1.64 bits per heavy atom. The number of piperazine rings is 1. The van der Waals surface area contributed by atoms with E-state index in [-0.39, 0.29) is 56.1 Å². The lowest BCUT2D eigenvalue weighted by Crippen LogP contribution is -2.58. The number of pyridine rings is 1. The van der Waals surface area contributed by atoms with Crippen LogP contribution in [0.2, 0.25) is 0 Å². The summed E-state index contributed by atoms with van der Waals surface area (Å²) in [5.74, 6) is -1.14. The predicted octanol–water partition coefficient (Wildman–Crippen LogP) is 6.26. The van der Waals surface area contributed by atoms with Gasteiger partial charge in [0, 0.05) is 112 Å². The van der Waals surface area contributed by atoms with Crippen LogP contribution in [0.15, 0.2) is 83.0 Å². The van der Waals surface area contributed by atoms with Crippen LogP contribution in [0.1, 0.15) is 101 Å². The molecule has 2 aromatic carbocycles. The van der Waals surface area contributed by atoms with E-state index in [4.69, 9.17) is 15.1 Å². The summed E-state index contributed by atoms with van der Waals surface area (Å²) in [4.78, 5) is 96.1. The van der Waals surface area contributed by atoms with Gasteiger partial charge in [0.25, 0.3) is 0 Å². The van der Waals surface area contributed by atoms with Crippen LogP contribution in [0.3, 0.4) is 0 Å². The number of aliphatic hydroxyl groups is 1. The number of β-amino-alcohol motifs (C(OH)–C–C–N with tert-alkyl or cyclic N) is 1. The Balaban J connectivity index is 0.836. The third-order valence-corrected chi connectivity index (χ3v) is 15.1. The molecule has 4 heterocycles. The minimum absolute atomic E-state index is 0.0524. The number of Topliss-reactive ketones (excluding diaryl/α,β-unsaturated/α-hetero) is 2. The molecule has 1 aliphatic carbocycles. The molecule has 0 unspecified atom stereocenters. The van der Waals surface area contributed by atoms with Gasteiger partial charge in [-0.15, -0.1) is 11.3 Å². The average molecular weight is 1070 g/mol. The van der Waals surface area contributed by atoms with E-state index in [0.29, 0.717) is 48.3 Å². The second-order valence-corrected chi connectivity index (χ2v) is 22.5. The summed E-state index contributed by atoms with van der Waals surface area (Å²) < 4.78 is 5.47. The number of ketones is 2. The van der Waals surface area contributed by atoms with Crippen molar-refractivity contribution in [3.63, 3.8) is 0 Å². The first-order chi connectivity index (χ1) is 36.7. The van der Waals surface area contributed by atoms with Crippen LogP contribution in [-0.2, 0) is 35.3 Å². The van der Waals surface area contributed by atoms with Crippen LogP contribution < -0.4 is 26.2 Å².